The molecule has 96 valence electrons. The highest BCUT2D eigenvalue weighted by atomic mass is 15.2. The van der Waals surface area contributed by atoms with Crippen LogP contribution in [0.1, 0.15) is 45.1 Å². The fraction of sp³-hybridized carbons (Fsp3) is 0.600. The average molecular weight is 243 g/mol. The summed E-state index contributed by atoms with van der Waals surface area (Å²) in [6, 6.07) is 6.40. The van der Waals surface area contributed by atoms with Gasteiger partial charge in [-0.2, -0.15) is 5.26 Å². The highest BCUT2D eigenvalue weighted by Gasteiger charge is 2.29. The van der Waals surface area contributed by atoms with Gasteiger partial charge in [-0.15, -0.1) is 0 Å². The van der Waals surface area contributed by atoms with Crippen molar-refractivity contribution in [2.24, 2.45) is 5.41 Å². The van der Waals surface area contributed by atoms with Crippen molar-refractivity contribution in [2.45, 2.75) is 45.6 Å². The van der Waals surface area contributed by atoms with Crippen molar-refractivity contribution in [1.82, 2.24) is 4.98 Å². The van der Waals surface area contributed by atoms with Gasteiger partial charge in [0.05, 0.1) is 5.56 Å². The number of rotatable bonds is 2. The summed E-state index contributed by atoms with van der Waals surface area (Å²) in [7, 11) is 2.06. The van der Waals surface area contributed by atoms with Crippen LogP contribution in [0.15, 0.2) is 18.3 Å². The van der Waals surface area contributed by atoms with Gasteiger partial charge in [0.15, 0.2) is 0 Å². The number of nitriles is 1. The molecule has 0 aliphatic heterocycles. The van der Waals surface area contributed by atoms with Gasteiger partial charge in [0.2, 0.25) is 0 Å². The highest BCUT2D eigenvalue weighted by Crippen LogP contribution is 2.37. The van der Waals surface area contributed by atoms with Gasteiger partial charge >= 0.3 is 0 Å². The van der Waals surface area contributed by atoms with Gasteiger partial charge in [0.1, 0.15) is 11.9 Å². The molecule has 2 rings (SSSR count). The van der Waals surface area contributed by atoms with Crippen LogP contribution in [0.3, 0.4) is 0 Å². The number of aromatic nitrogens is 1. The topological polar surface area (TPSA) is 39.9 Å². The molecule has 0 atom stereocenters. The standard InChI is InChI=1S/C15H21N3/c1-15(2)8-6-13(7-9-15)18(3)14-12(11-16)5-4-10-17-14/h4-5,10,13H,6-9H2,1-3H3. The van der Waals surface area contributed by atoms with Gasteiger partial charge in [-0.3, -0.25) is 0 Å². The molecule has 0 spiro atoms. The second kappa shape index (κ2) is 4.97. The maximum absolute atomic E-state index is 9.13. The fourth-order valence-electron chi connectivity index (χ4n) is 2.71. The van der Waals surface area contributed by atoms with Crippen molar-refractivity contribution in [3.05, 3.63) is 23.9 Å². The van der Waals surface area contributed by atoms with Crippen LogP contribution in [0, 0.1) is 16.7 Å². The lowest BCUT2D eigenvalue weighted by atomic mass is 9.75. The molecule has 1 heterocycles. The molecule has 0 saturated heterocycles. The first-order valence-corrected chi connectivity index (χ1v) is 6.61. The Bertz CT molecular complexity index is 449. The Balaban J connectivity index is 2.13. The third kappa shape index (κ3) is 2.64. The van der Waals surface area contributed by atoms with Gasteiger partial charge in [0, 0.05) is 19.3 Å². The second-order valence-corrected chi connectivity index (χ2v) is 5.99. The van der Waals surface area contributed by atoms with E-state index in [1.807, 2.05) is 12.1 Å². The minimum atomic E-state index is 0.472. The van der Waals surface area contributed by atoms with Gasteiger partial charge in [-0.25, -0.2) is 4.98 Å². The Morgan fingerprint density at radius 2 is 2.06 bits per heavy atom. The van der Waals surface area contributed by atoms with Crippen molar-refractivity contribution in [3.8, 4) is 6.07 Å². The second-order valence-electron chi connectivity index (χ2n) is 5.99. The summed E-state index contributed by atoms with van der Waals surface area (Å²) in [5.74, 6) is 0.824. The zero-order valence-electron chi connectivity index (χ0n) is 11.5. The van der Waals surface area contributed by atoms with E-state index >= 15 is 0 Å². The average Bonchev–Trinajstić information content (AvgIpc) is 2.38. The van der Waals surface area contributed by atoms with Crippen LogP contribution in [-0.4, -0.2) is 18.1 Å². The summed E-state index contributed by atoms with van der Waals surface area (Å²) < 4.78 is 0. The first-order chi connectivity index (χ1) is 8.53. The smallest absolute Gasteiger partial charge is 0.146 e. The van der Waals surface area contributed by atoms with Crippen molar-refractivity contribution in [1.29, 1.82) is 5.26 Å². The Hall–Kier alpha value is -1.56. The third-order valence-corrected chi connectivity index (χ3v) is 4.10. The molecule has 1 saturated carbocycles. The lowest BCUT2D eigenvalue weighted by Crippen LogP contribution is -2.38. The van der Waals surface area contributed by atoms with E-state index in [0.29, 0.717) is 17.0 Å². The zero-order chi connectivity index (χ0) is 13.2. The summed E-state index contributed by atoms with van der Waals surface area (Å²) in [6.07, 6.45) is 6.63. The van der Waals surface area contributed by atoms with Crippen LogP contribution < -0.4 is 4.90 Å². The van der Waals surface area contributed by atoms with Gasteiger partial charge in [-0.05, 0) is 43.2 Å². The molecule has 3 nitrogen and oxygen atoms in total. The van der Waals surface area contributed by atoms with Crippen molar-refractivity contribution < 1.29 is 0 Å². The predicted molar refractivity (Wildman–Crippen MR) is 73.4 cm³/mol. The van der Waals surface area contributed by atoms with Crippen molar-refractivity contribution in [2.75, 3.05) is 11.9 Å². The van der Waals surface area contributed by atoms with E-state index in [0.717, 1.165) is 5.82 Å². The normalized spacial score (nSPS) is 19.2. The largest absolute Gasteiger partial charge is 0.356 e. The fourth-order valence-corrected chi connectivity index (χ4v) is 2.71. The molecule has 1 fully saturated rings. The van der Waals surface area contributed by atoms with Gasteiger partial charge in [0.25, 0.3) is 0 Å². The molecule has 0 N–H and O–H groups in total. The maximum atomic E-state index is 9.13. The molecular weight excluding hydrogens is 222 g/mol. The molecule has 0 aromatic carbocycles. The number of pyridine rings is 1. The Labute approximate surface area is 109 Å². The lowest BCUT2D eigenvalue weighted by molar-refractivity contribution is 0.222. The molecule has 1 aliphatic carbocycles. The maximum Gasteiger partial charge on any atom is 0.146 e. The summed E-state index contributed by atoms with van der Waals surface area (Å²) in [6.45, 7) is 4.68. The van der Waals surface area contributed by atoms with Gasteiger partial charge < -0.3 is 4.90 Å². The molecule has 0 bridgehead atoms. The third-order valence-electron chi connectivity index (χ3n) is 4.10. The van der Waals surface area contributed by atoms with Crippen LogP contribution in [0.2, 0.25) is 0 Å². The van der Waals surface area contributed by atoms with E-state index in [1.165, 1.54) is 25.7 Å². The molecule has 0 amide bonds. The summed E-state index contributed by atoms with van der Waals surface area (Å²) >= 11 is 0. The van der Waals surface area contributed by atoms with Crippen LogP contribution in [0.5, 0.6) is 0 Å². The monoisotopic (exact) mass is 243 g/mol. The van der Waals surface area contributed by atoms with Crippen LogP contribution in [0.4, 0.5) is 5.82 Å². The SMILES string of the molecule is CN(c1ncccc1C#N)C1CCC(C)(C)CC1. The molecule has 0 radical (unpaired) electrons. The summed E-state index contributed by atoms with van der Waals surface area (Å²) in [5, 5.41) is 9.13. The number of anilines is 1. The molecule has 1 aromatic heterocycles. The molecular formula is C15H21N3. The Morgan fingerprint density at radius 3 is 2.67 bits per heavy atom. The minimum Gasteiger partial charge on any atom is -0.356 e. The minimum absolute atomic E-state index is 0.472. The molecule has 18 heavy (non-hydrogen) atoms. The van der Waals surface area contributed by atoms with E-state index in [1.54, 1.807) is 6.20 Å². The quantitative estimate of drug-likeness (QED) is 0.799. The van der Waals surface area contributed by atoms with Crippen LogP contribution in [-0.2, 0) is 0 Å². The van der Waals surface area contributed by atoms with Gasteiger partial charge in [-0.1, -0.05) is 13.8 Å². The van der Waals surface area contributed by atoms with Crippen LogP contribution >= 0.6 is 0 Å². The first kappa shape index (κ1) is 12.9. The van der Waals surface area contributed by atoms with E-state index in [-0.39, 0.29) is 0 Å². The lowest BCUT2D eigenvalue weighted by Gasteiger charge is -2.39. The first-order valence-electron chi connectivity index (χ1n) is 6.61. The highest BCUT2D eigenvalue weighted by molar-refractivity contribution is 5.53. The summed E-state index contributed by atoms with van der Waals surface area (Å²) in [5.41, 5.74) is 1.14. The number of nitrogens with zero attached hydrogens (tertiary/aromatic N) is 3. The Morgan fingerprint density at radius 1 is 1.39 bits per heavy atom. The van der Waals surface area contributed by atoms with E-state index in [9.17, 15) is 0 Å². The molecule has 1 aromatic rings. The van der Waals surface area contributed by atoms with E-state index in [2.05, 4.69) is 36.8 Å². The zero-order valence-corrected chi connectivity index (χ0v) is 11.5. The van der Waals surface area contributed by atoms with E-state index < -0.39 is 0 Å². The van der Waals surface area contributed by atoms with Crippen LogP contribution in [0.25, 0.3) is 0 Å². The Kier molecular flexibility index (Phi) is 3.56. The van der Waals surface area contributed by atoms with E-state index in [4.69, 9.17) is 5.26 Å². The summed E-state index contributed by atoms with van der Waals surface area (Å²) in [4.78, 5) is 6.55. The molecule has 0 unspecified atom stereocenters. The predicted octanol–water partition coefficient (Wildman–Crippen LogP) is 3.36. The molecule has 3 heteroatoms. The molecule has 1 aliphatic rings. The van der Waals surface area contributed by atoms with Crippen molar-refractivity contribution >= 4 is 5.82 Å². The van der Waals surface area contributed by atoms with Crippen molar-refractivity contribution in [3.63, 3.8) is 0 Å². The number of hydrogen-bond acceptors (Lipinski definition) is 3. The number of hydrogen-bond donors (Lipinski definition) is 0.